The highest BCUT2D eigenvalue weighted by Gasteiger charge is 2.16. The molecular weight excluding hydrogens is 374 g/mol. The summed E-state index contributed by atoms with van der Waals surface area (Å²) in [5, 5.41) is 20.1. The van der Waals surface area contributed by atoms with Crippen LogP contribution in [0.2, 0.25) is 5.02 Å². The normalized spacial score (nSPS) is 11.5. The van der Waals surface area contributed by atoms with Crippen LogP contribution in [0.3, 0.4) is 0 Å². The summed E-state index contributed by atoms with van der Waals surface area (Å²) in [6, 6.07) is 7.18. The van der Waals surface area contributed by atoms with E-state index in [0.29, 0.717) is 23.6 Å². The van der Waals surface area contributed by atoms with Crippen molar-refractivity contribution in [2.45, 2.75) is 66.2 Å². The Hall–Kier alpha value is -2.27. The fourth-order valence-electron chi connectivity index (χ4n) is 3.52. The van der Waals surface area contributed by atoms with Gasteiger partial charge >= 0.3 is 0 Å². The first-order valence-corrected chi connectivity index (χ1v) is 10.3. The fraction of sp³-hybridized carbons (Fsp3) is 0.455. The highest BCUT2D eigenvalue weighted by molar-refractivity contribution is 6.33. The zero-order chi connectivity index (χ0) is 20.8. The second-order valence-electron chi connectivity index (χ2n) is 6.95. The standard InChI is InChI=1S/C22H28ClN3O2/c1-6-15(7-2)19-10-14(5)21(12-16(19)8-3)24-25-22-17(9-4)11-18(26(27)28)13-20(22)23/h10-13,15H,6-9H2,1-5H3. The van der Waals surface area contributed by atoms with Gasteiger partial charge in [0.25, 0.3) is 5.69 Å². The molecule has 0 N–H and O–H groups in total. The summed E-state index contributed by atoms with van der Waals surface area (Å²) in [7, 11) is 0. The minimum Gasteiger partial charge on any atom is -0.258 e. The van der Waals surface area contributed by atoms with E-state index in [4.69, 9.17) is 11.6 Å². The summed E-state index contributed by atoms with van der Waals surface area (Å²) in [6.45, 7) is 10.6. The van der Waals surface area contributed by atoms with E-state index in [1.165, 1.54) is 23.3 Å². The lowest BCUT2D eigenvalue weighted by Crippen LogP contribution is -2.01. The summed E-state index contributed by atoms with van der Waals surface area (Å²) < 4.78 is 0. The number of non-ortho nitro benzene ring substituents is 1. The molecule has 0 aliphatic rings. The molecular formula is C22H28ClN3O2. The molecule has 6 heteroatoms. The quantitative estimate of drug-likeness (QED) is 0.255. The van der Waals surface area contributed by atoms with E-state index < -0.39 is 4.92 Å². The van der Waals surface area contributed by atoms with Crippen LogP contribution in [0.15, 0.2) is 34.5 Å². The molecule has 0 aromatic heterocycles. The van der Waals surface area contributed by atoms with Crippen LogP contribution >= 0.6 is 11.6 Å². The number of halogens is 1. The van der Waals surface area contributed by atoms with Crippen LogP contribution in [0.25, 0.3) is 0 Å². The van der Waals surface area contributed by atoms with Gasteiger partial charge in [0, 0.05) is 12.1 Å². The van der Waals surface area contributed by atoms with E-state index in [-0.39, 0.29) is 10.7 Å². The van der Waals surface area contributed by atoms with Crippen molar-refractivity contribution in [2.24, 2.45) is 10.2 Å². The molecule has 0 aliphatic heterocycles. The van der Waals surface area contributed by atoms with Crippen LogP contribution < -0.4 is 0 Å². The van der Waals surface area contributed by atoms with Gasteiger partial charge in [0.2, 0.25) is 0 Å². The fourth-order valence-corrected chi connectivity index (χ4v) is 3.79. The molecule has 0 saturated heterocycles. The van der Waals surface area contributed by atoms with E-state index in [9.17, 15) is 10.1 Å². The smallest absolute Gasteiger partial charge is 0.258 e. The van der Waals surface area contributed by atoms with E-state index in [0.717, 1.165) is 30.5 Å². The largest absolute Gasteiger partial charge is 0.271 e. The van der Waals surface area contributed by atoms with Gasteiger partial charge in [-0.2, -0.15) is 5.11 Å². The number of nitro benzene ring substituents is 1. The summed E-state index contributed by atoms with van der Waals surface area (Å²) in [6.07, 6.45) is 3.75. The van der Waals surface area contributed by atoms with Crippen LogP contribution in [0.4, 0.5) is 17.1 Å². The van der Waals surface area contributed by atoms with Gasteiger partial charge in [0.05, 0.1) is 15.6 Å². The minimum atomic E-state index is -0.444. The maximum Gasteiger partial charge on any atom is 0.271 e. The lowest BCUT2D eigenvalue weighted by Gasteiger charge is -2.18. The van der Waals surface area contributed by atoms with E-state index in [1.54, 1.807) is 0 Å². The van der Waals surface area contributed by atoms with Crippen molar-refractivity contribution >= 4 is 28.7 Å². The highest BCUT2D eigenvalue weighted by atomic mass is 35.5. The van der Waals surface area contributed by atoms with Crippen molar-refractivity contribution in [3.8, 4) is 0 Å². The van der Waals surface area contributed by atoms with Crippen molar-refractivity contribution in [1.29, 1.82) is 0 Å². The van der Waals surface area contributed by atoms with Crippen LogP contribution in [0, 0.1) is 17.0 Å². The Labute approximate surface area is 172 Å². The third kappa shape index (κ3) is 4.76. The minimum absolute atomic E-state index is 0.0280. The molecule has 0 saturated carbocycles. The summed E-state index contributed by atoms with van der Waals surface area (Å²) in [5.74, 6) is 0.551. The first-order chi connectivity index (χ1) is 13.4. The summed E-state index contributed by atoms with van der Waals surface area (Å²) in [5.41, 5.74) is 5.74. The zero-order valence-corrected chi connectivity index (χ0v) is 18.0. The van der Waals surface area contributed by atoms with Crippen LogP contribution in [-0.2, 0) is 12.8 Å². The molecule has 0 amide bonds. The number of rotatable bonds is 8. The number of nitrogens with zero attached hydrogens (tertiary/aromatic N) is 3. The number of azo groups is 1. The average Bonchev–Trinajstić information content (AvgIpc) is 2.68. The molecule has 0 fully saturated rings. The molecule has 2 aromatic rings. The molecule has 0 spiro atoms. The molecule has 0 unspecified atom stereocenters. The Balaban J connectivity index is 2.48. The number of hydrogen-bond donors (Lipinski definition) is 0. The van der Waals surface area contributed by atoms with Crippen molar-refractivity contribution in [3.05, 3.63) is 61.7 Å². The van der Waals surface area contributed by atoms with E-state index >= 15 is 0 Å². The van der Waals surface area contributed by atoms with Gasteiger partial charge in [-0.3, -0.25) is 10.1 Å². The molecule has 0 bridgehead atoms. The molecule has 2 aromatic carbocycles. The molecule has 2 rings (SSSR count). The molecule has 28 heavy (non-hydrogen) atoms. The van der Waals surface area contributed by atoms with Gasteiger partial charge < -0.3 is 0 Å². The van der Waals surface area contributed by atoms with Gasteiger partial charge in [-0.15, -0.1) is 5.11 Å². The van der Waals surface area contributed by atoms with E-state index in [1.807, 2.05) is 13.8 Å². The second-order valence-corrected chi connectivity index (χ2v) is 7.36. The highest BCUT2D eigenvalue weighted by Crippen LogP contribution is 2.37. The van der Waals surface area contributed by atoms with Gasteiger partial charge in [-0.05, 0) is 66.8 Å². The van der Waals surface area contributed by atoms with Crippen LogP contribution in [-0.4, -0.2) is 4.92 Å². The molecule has 0 aliphatic carbocycles. The lowest BCUT2D eigenvalue weighted by molar-refractivity contribution is -0.384. The lowest BCUT2D eigenvalue weighted by atomic mass is 9.87. The van der Waals surface area contributed by atoms with Crippen molar-refractivity contribution in [2.75, 3.05) is 0 Å². The number of hydrogen-bond acceptors (Lipinski definition) is 4. The number of nitro groups is 1. The third-order valence-corrected chi connectivity index (χ3v) is 5.53. The Morgan fingerprint density at radius 1 is 1.00 bits per heavy atom. The molecule has 0 heterocycles. The summed E-state index contributed by atoms with van der Waals surface area (Å²) in [4.78, 5) is 10.6. The van der Waals surface area contributed by atoms with Crippen molar-refractivity contribution in [3.63, 3.8) is 0 Å². The molecule has 0 atom stereocenters. The maximum absolute atomic E-state index is 11.1. The van der Waals surface area contributed by atoms with Gasteiger partial charge in [0.1, 0.15) is 5.69 Å². The van der Waals surface area contributed by atoms with Crippen molar-refractivity contribution in [1.82, 2.24) is 0 Å². The van der Waals surface area contributed by atoms with E-state index in [2.05, 4.69) is 43.1 Å². The maximum atomic E-state index is 11.1. The summed E-state index contributed by atoms with van der Waals surface area (Å²) >= 11 is 6.27. The Kier molecular flexibility index (Phi) is 7.69. The first kappa shape index (κ1) is 22.0. The predicted octanol–water partition coefficient (Wildman–Crippen LogP) is 8.00. The third-order valence-electron chi connectivity index (χ3n) is 5.24. The molecule has 0 radical (unpaired) electrons. The zero-order valence-electron chi connectivity index (χ0n) is 17.3. The topological polar surface area (TPSA) is 67.9 Å². The first-order valence-electron chi connectivity index (χ1n) is 9.88. The van der Waals surface area contributed by atoms with Gasteiger partial charge in [0.15, 0.2) is 0 Å². The van der Waals surface area contributed by atoms with Crippen molar-refractivity contribution < 1.29 is 4.92 Å². The Bertz CT molecular complexity index is 890. The molecule has 5 nitrogen and oxygen atoms in total. The number of benzene rings is 2. The Morgan fingerprint density at radius 2 is 1.64 bits per heavy atom. The molecule has 150 valence electrons. The second kappa shape index (κ2) is 9.78. The Morgan fingerprint density at radius 3 is 2.18 bits per heavy atom. The SMILES string of the molecule is CCc1cc(N=Nc2c(Cl)cc([N+](=O)[O-])cc2CC)c(C)cc1C(CC)CC. The van der Waals surface area contributed by atoms with Crippen LogP contribution in [0.5, 0.6) is 0 Å². The average molecular weight is 402 g/mol. The monoisotopic (exact) mass is 401 g/mol. The van der Waals surface area contributed by atoms with Gasteiger partial charge in [-0.1, -0.05) is 45.4 Å². The predicted molar refractivity (Wildman–Crippen MR) is 116 cm³/mol. The van der Waals surface area contributed by atoms with Crippen LogP contribution in [0.1, 0.15) is 68.7 Å². The van der Waals surface area contributed by atoms with Gasteiger partial charge in [-0.25, -0.2) is 0 Å². The number of aryl methyl sites for hydroxylation is 3.